The third-order valence-electron chi connectivity index (χ3n) is 2.93. The van der Waals surface area contributed by atoms with Crippen molar-refractivity contribution in [3.63, 3.8) is 0 Å². The number of anilines is 1. The van der Waals surface area contributed by atoms with Crippen LogP contribution in [0.1, 0.15) is 33.1 Å². The van der Waals surface area contributed by atoms with Gasteiger partial charge in [0.1, 0.15) is 9.92 Å². The van der Waals surface area contributed by atoms with Crippen LogP contribution in [0, 0.1) is 0 Å². The molecule has 0 aliphatic rings. The van der Waals surface area contributed by atoms with Crippen LogP contribution in [0.25, 0.3) is 0 Å². The molecule has 108 valence electrons. The highest BCUT2D eigenvalue weighted by Crippen LogP contribution is 2.19. The molecule has 4 nitrogen and oxygen atoms in total. The molecule has 1 atom stereocenters. The quantitative estimate of drug-likeness (QED) is 0.617. The standard InChI is InChI=1S/C14H25N3OS/c1-4-6-11-16-19(18,17(3)12-5-2)14-9-7-13(15)8-10-14/h7-10H,4-6,11-12,15H2,1-3H3. The van der Waals surface area contributed by atoms with Gasteiger partial charge in [0.15, 0.2) is 0 Å². The summed E-state index contributed by atoms with van der Waals surface area (Å²) in [7, 11) is -0.622. The van der Waals surface area contributed by atoms with Crippen molar-refractivity contribution in [3.8, 4) is 0 Å². The zero-order chi connectivity index (χ0) is 14.3. The van der Waals surface area contributed by atoms with Crippen molar-refractivity contribution in [2.24, 2.45) is 4.36 Å². The fourth-order valence-electron chi connectivity index (χ4n) is 1.78. The van der Waals surface area contributed by atoms with Gasteiger partial charge in [-0.3, -0.25) is 0 Å². The first-order chi connectivity index (χ1) is 9.04. The highest BCUT2D eigenvalue weighted by molar-refractivity contribution is 7.91. The van der Waals surface area contributed by atoms with Crippen LogP contribution >= 0.6 is 0 Å². The maximum atomic E-state index is 13.2. The number of unbranched alkanes of at least 4 members (excludes halogenated alkanes) is 1. The fraction of sp³-hybridized carbons (Fsp3) is 0.571. The molecule has 0 fully saturated rings. The van der Waals surface area contributed by atoms with E-state index in [9.17, 15) is 4.21 Å². The maximum absolute atomic E-state index is 13.2. The van der Waals surface area contributed by atoms with Gasteiger partial charge in [0.25, 0.3) is 0 Å². The minimum absolute atomic E-state index is 0.633. The molecule has 2 N–H and O–H groups in total. The summed E-state index contributed by atoms with van der Waals surface area (Å²) in [5.41, 5.74) is 6.37. The van der Waals surface area contributed by atoms with Crippen LogP contribution in [0.4, 0.5) is 5.69 Å². The Bertz CT molecular complexity index is 490. The van der Waals surface area contributed by atoms with Crippen molar-refractivity contribution < 1.29 is 4.21 Å². The Kier molecular flexibility index (Phi) is 6.31. The normalized spacial score (nSPS) is 14.3. The Morgan fingerprint density at radius 2 is 1.84 bits per heavy atom. The van der Waals surface area contributed by atoms with E-state index < -0.39 is 9.92 Å². The Labute approximate surface area is 117 Å². The zero-order valence-corrected chi connectivity index (χ0v) is 12.9. The molecule has 5 heteroatoms. The Balaban J connectivity index is 3.14. The van der Waals surface area contributed by atoms with Crippen LogP contribution in [0.3, 0.4) is 0 Å². The number of nitrogens with zero attached hydrogens (tertiary/aromatic N) is 2. The summed E-state index contributed by atoms with van der Waals surface area (Å²) in [4.78, 5) is 0.744. The number of nitrogens with two attached hydrogens (primary N) is 1. The summed E-state index contributed by atoms with van der Waals surface area (Å²) in [6.07, 6.45) is 2.97. The van der Waals surface area contributed by atoms with Crippen LogP contribution in [0.15, 0.2) is 33.5 Å². The highest BCUT2D eigenvalue weighted by atomic mass is 32.2. The van der Waals surface area contributed by atoms with Crippen LogP contribution in [-0.4, -0.2) is 28.7 Å². The van der Waals surface area contributed by atoms with Gasteiger partial charge >= 0.3 is 0 Å². The van der Waals surface area contributed by atoms with Crippen LogP contribution in [0.5, 0.6) is 0 Å². The highest BCUT2D eigenvalue weighted by Gasteiger charge is 2.17. The van der Waals surface area contributed by atoms with E-state index in [1.165, 1.54) is 0 Å². The molecule has 0 radical (unpaired) electrons. The van der Waals surface area contributed by atoms with E-state index in [-0.39, 0.29) is 0 Å². The predicted octanol–water partition coefficient (Wildman–Crippen LogP) is 3.15. The number of hydrogen-bond acceptors (Lipinski definition) is 3. The summed E-state index contributed by atoms with van der Waals surface area (Å²) in [6, 6.07) is 7.20. The van der Waals surface area contributed by atoms with E-state index in [0.29, 0.717) is 12.2 Å². The topological polar surface area (TPSA) is 58.7 Å². The number of benzene rings is 1. The molecule has 0 heterocycles. The Hall–Kier alpha value is -1.07. The van der Waals surface area contributed by atoms with Gasteiger partial charge in [0.2, 0.25) is 0 Å². The summed E-state index contributed by atoms with van der Waals surface area (Å²) >= 11 is 0. The number of rotatable bonds is 7. The van der Waals surface area contributed by atoms with Crippen molar-refractivity contribution >= 4 is 15.6 Å². The molecule has 1 aromatic carbocycles. The van der Waals surface area contributed by atoms with Gasteiger partial charge in [-0.2, -0.15) is 0 Å². The first-order valence-corrected chi connectivity index (χ1v) is 8.31. The lowest BCUT2D eigenvalue weighted by Crippen LogP contribution is -2.28. The lowest BCUT2D eigenvalue weighted by Gasteiger charge is -2.21. The molecule has 0 aliphatic carbocycles. The molecule has 0 saturated heterocycles. The first-order valence-electron chi connectivity index (χ1n) is 6.84. The first kappa shape index (κ1) is 16.0. The lowest BCUT2D eigenvalue weighted by atomic mass is 10.3. The second-order valence-electron chi connectivity index (χ2n) is 4.62. The number of nitrogen functional groups attached to an aromatic ring is 1. The van der Waals surface area contributed by atoms with Crippen LogP contribution in [0.2, 0.25) is 0 Å². The molecule has 0 bridgehead atoms. The lowest BCUT2D eigenvalue weighted by molar-refractivity contribution is 0.509. The SMILES string of the molecule is CCCCN=S(=O)(c1ccc(N)cc1)N(C)CCC. The molecule has 0 aliphatic heterocycles. The summed E-state index contributed by atoms with van der Waals surface area (Å²) in [5, 5.41) is 0. The molecular weight excluding hydrogens is 258 g/mol. The molecule has 1 rings (SSSR count). The van der Waals surface area contributed by atoms with Crippen molar-refractivity contribution in [3.05, 3.63) is 24.3 Å². The van der Waals surface area contributed by atoms with Gasteiger partial charge < -0.3 is 5.73 Å². The van der Waals surface area contributed by atoms with Crippen LogP contribution in [-0.2, 0) is 9.92 Å². The van der Waals surface area contributed by atoms with Gasteiger partial charge in [-0.25, -0.2) is 12.9 Å². The van der Waals surface area contributed by atoms with E-state index in [4.69, 9.17) is 5.73 Å². The molecule has 0 aromatic heterocycles. The minimum Gasteiger partial charge on any atom is -0.399 e. The largest absolute Gasteiger partial charge is 0.399 e. The van der Waals surface area contributed by atoms with E-state index in [2.05, 4.69) is 18.2 Å². The summed E-state index contributed by atoms with van der Waals surface area (Å²) in [6.45, 7) is 5.58. The summed E-state index contributed by atoms with van der Waals surface area (Å²) in [5.74, 6) is 0. The fourth-order valence-corrected chi connectivity index (χ4v) is 3.79. The third kappa shape index (κ3) is 4.21. The summed E-state index contributed by atoms with van der Waals surface area (Å²) < 4.78 is 19.5. The third-order valence-corrected chi connectivity index (χ3v) is 5.37. The molecular formula is C14H25N3OS. The monoisotopic (exact) mass is 283 g/mol. The smallest absolute Gasteiger partial charge is 0.139 e. The molecule has 0 spiro atoms. The van der Waals surface area contributed by atoms with Crippen molar-refractivity contribution in [1.82, 2.24) is 4.31 Å². The van der Waals surface area contributed by atoms with Gasteiger partial charge in [-0.15, -0.1) is 0 Å². The van der Waals surface area contributed by atoms with E-state index in [0.717, 1.165) is 30.7 Å². The van der Waals surface area contributed by atoms with E-state index in [1.807, 2.05) is 23.5 Å². The maximum Gasteiger partial charge on any atom is 0.139 e. The van der Waals surface area contributed by atoms with Crippen molar-refractivity contribution in [2.45, 2.75) is 38.0 Å². The van der Waals surface area contributed by atoms with Gasteiger partial charge in [0, 0.05) is 25.8 Å². The molecule has 1 aromatic rings. The Morgan fingerprint density at radius 1 is 1.21 bits per heavy atom. The van der Waals surface area contributed by atoms with E-state index >= 15 is 0 Å². The molecule has 19 heavy (non-hydrogen) atoms. The second kappa shape index (κ2) is 7.50. The van der Waals surface area contributed by atoms with Gasteiger partial charge in [-0.05, 0) is 37.1 Å². The molecule has 0 saturated carbocycles. The molecule has 0 amide bonds. The molecule has 1 unspecified atom stereocenters. The average molecular weight is 283 g/mol. The van der Waals surface area contributed by atoms with Crippen molar-refractivity contribution in [2.75, 3.05) is 25.9 Å². The van der Waals surface area contributed by atoms with Crippen LogP contribution < -0.4 is 5.73 Å². The predicted molar refractivity (Wildman–Crippen MR) is 82.4 cm³/mol. The van der Waals surface area contributed by atoms with E-state index in [1.54, 1.807) is 12.1 Å². The van der Waals surface area contributed by atoms with Gasteiger partial charge in [-0.1, -0.05) is 20.3 Å². The second-order valence-corrected chi connectivity index (χ2v) is 6.97. The van der Waals surface area contributed by atoms with Gasteiger partial charge in [0.05, 0.1) is 4.90 Å². The Morgan fingerprint density at radius 3 is 2.37 bits per heavy atom. The minimum atomic E-state index is -2.49. The number of hydrogen-bond donors (Lipinski definition) is 1. The zero-order valence-electron chi connectivity index (χ0n) is 12.1. The average Bonchev–Trinajstić information content (AvgIpc) is 2.39. The van der Waals surface area contributed by atoms with Crippen molar-refractivity contribution in [1.29, 1.82) is 0 Å².